The molecule has 25 heavy (non-hydrogen) atoms. The van der Waals surface area contributed by atoms with E-state index < -0.39 is 0 Å². The van der Waals surface area contributed by atoms with Crippen LogP contribution in [0.5, 0.6) is 11.5 Å². The average molecular weight is 386 g/mol. The van der Waals surface area contributed by atoms with Crippen LogP contribution in [-0.2, 0) is 4.79 Å². The molecular weight excluding hydrogens is 366 g/mol. The standard InChI is InChI=1S/C16H19N3O4S.ClH/c1-22-12-5-9(6-14-15(20)18-16(21)24-14)11(7-13(12)23-2)19-4-3-10(17)8-19;/h5-7,10H,3-4,8,17H2,1-2H3,(H,18,20,21);1H/b14-6+;. The number of nitrogens with zero attached hydrogens (tertiary/aromatic N) is 1. The number of benzene rings is 1. The molecule has 2 aliphatic heterocycles. The van der Waals surface area contributed by atoms with Gasteiger partial charge in [0.05, 0.1) is 19.1 Å². The summed E-state index contributed by atoms with van der Waals surface area (Å²) < 4.78 is 10.7. The van der Waals surface area contributed by atoms with Crippen LogP contribution < -0.4 is 25.4 Å². The van der Waals surface area contributed by atoms with Crippen LogP contribution in [-0.4, -0.2) is 44.5 Å². The van der Waals surface area contributed by atoms with E-state index in [0.29, 0.717) is 16.4 Å². The van der Waals surface area contributed by atoms with Crippen molar-refractivity contribution in [2.24, 2.45) is 5.73 Å². The van der Waals surface area contributed by atoms with Gasteiger partial charge in [0, 0.05) is 36.4 Å². The van der Waals surface area contributed by atoms with E-state index in [0.717, 1.165) is 42.5 Å². The van der Waals surface area contributed by atoms with Gasteiger partial charge in [-0.2, -0.15) is 0 Å². The van der Waals surface area contributed by atoms with Gasteiger partial charge in [-0.25, -0.2) is 0 Å². The van der Waals surface area contributed by atoms with Gasteiger partial charge in [-0.1, -0.05) is 0 Å². The first kappa shape index (κ1) is 19.4. The lowest BCUT2D eigenvalue weighted by Crippen LogP contribution is -2.26. The Morgan fingerprint density at radius 1 is 1.28 bits per heavy atom. The summed E-state index contributed by atoms with van der Waals surface area (Å²) in [6.45, 7) is 1.55. The Kier molecular flexibility index (Phi) is 6.21. The molecule has 2 heterocycles. The van der Waals surface area contributed by atoms with E-state index in [1.54, 1.807) is 20.3 Å². The van der Waals surface area contributed by atoms with Crippen molar-refractivity contribution in [3.05, 3.63) is 22.6 Å². The summed E-state index contributed by atoms with van der Waals surface area (Å²) in [6.07, 6.45) is 2.60. The van der Waals surface area contributed by atoms with Crippen LogP contribution >= 0.6 is 24.2 Å². The summed E-state index contributed by atoms with van der Waals surface area (Å²) in [5, 5.41) is 1.90. The lowest BCUT2D eigenvalue weighted by atomic mass is 10.1. The largest absolute Gasteiger partial charge is 0.493 e. The Balaban J connectivity index is 0.00000225. The number of anilines is 1. The molecule has 0 saturated carbocycles. The summed E-state index contributed by atoms with van der Waals surface area (Å²) in [5.41, 5.74) is 7.71. The molecule has 1 aromatic rings. The monoisotopic (exact) mass is 385 g/mol. The second kappa shape index (κ2) is 7.99. The SMILES string of the molecule is COc1cc(/C=C2/SC(=O)NC2=O)c(N2CCC(N)C2)cc1OC.Cl. The number of ether oxygens (including phenoxy) is 2. The fourth-order valence-electron chi connectivity index (χ4n) is 2.84. The van der Waals surface area contributed by atoms with Crippen LogP contribution in [0.3, 0.4) is 0 Å². The third kappa shape index (κ3) is 4.02. The van der Waals surface area contributed by atoms with Crippen molar-refractivity contribution in [2.45, 2.75) is 12.5 Å². The predicted octanol–water partition coefficient (Wildman–Crippen LogP) is 1.99. The summed E-state index contributed by atoms with van der Waals surface area (Å²) in [7, 11) is 3.13. The maximum atomic E-state index is 11.8. The maximum absolute atomic E-state index is 11.8. The van der Waals surface area contributed by atoms with Gasteiger partial charge < -0.3 is 20.1 Å². The molecule has 0 aromatic heterocycles. The first-order valence-corrected chi connectivity index (χ1v) is 8.35. The van der Waals surface area contributed by atoms with Gasteiger partial charge in [-0.05, 0) is 30.3 Å². The maximum Gasteiger partial charge on any atom is 0.290 e. The molecule has 1 atom stereocenters. The second-order valence-corrected chi connectivity index (χ2v) is 6.63. The molecule has 2 fully saturated rings. The van der Waals surface area contributed by atoms with Crippen molar-refractivity contribution in [2.75, 3.05) is 32.2 Å². The minimum atomic E-state index is -0.385. The Morgan fingerprint density at radius 3 is 2.48 bits per heavy atom. The molecule has 2 amide bonds. The van der Waals surface area contributed by atoms with E-state index in [-0.39, 0.29) is 29.6 Å². The zero-order chi connectivity index (χ0) is 17.3. The van der Waals surface area contributed by atoms with Gasteiger partial charge in [0.1, 0.15) is 0 Å². The molecule has 2 saturated heterocycles. The van der Waals surface area contributed by atoms with Crippen LogP contribution in [0.4, 0.5) is 10.5 Å². The van der Waals surface area contributed by atoms with Crippen molar-refractivity contribution in [1.82, 2.24) is 5.32 Å². The third-order valence-corrected chi connectivity index (χ3v) is 4.84. The Labute approximate surface area is 156 Å². The van der Waals surface area contributed by atoms with Crippen LogP contribution in [0.2, 0.25) is 0 Å². The number of carbonyl (C=O) groups is 2. The first-order valence-electron chi connectivity index (χ1n) is 7.53. The number of imide groups is 1. The number of nitrogens with two attached hydrogens (primary N) is 1. The minimum Gasteiger partial charge on any atom is -0.493 e. The highest BCUT2D eigenvalue weighted by molar-refractivity contribution is 8.18. The van der Waals surface area contributed by atoms with Gasteiger partial charge in [0.25, 0.3) is 11.1 Å². The molecule has 0 spiro atoms. The molecule has 136 valence electrons. The molecule has 2 aliphatic rings. The number of hydrogen-bond acceptors (Lipinski definition) is 7. The topological polar surface area (TPSA) is 93.9 Å². The molecule has 0 bridgehead atoms. The molecule has 1 aromatic carbocycles. The number of halogens is 1. The molecule has 1 unspecified atom stereocenters. The molecule has 7 nitrogen and oxygen atoms in total. The lowest BCUT2D eigenvalue weighted by molar-refractivity contribution is -0.115. The van der Waals surface area contributed by atoms with E-state index in [4.69, 9.17) is 15.2 Å². The van der Waals surface area contributed by atoms with E-state index in [2.05, 4.69) is 10.2 Å². The van der Waals surface area contributed by atoms with Crippen molar-refractivity contribution < 1.29 is 19.1 Å². The number of hydrogen-bond donors (Lipinski definition) is 2. The number of methoxy groups -OCH3 is 2. The van der Waals surface area contributed by atoms with E-state index in [1.807, 2.05) is 12.1 Å². The lowest BCUT2D eigenvalue weighted by Gasteiger charge is -2.22. The van der Waals surface area contributed by atoms with Crippen LogP contribution in [0.25, 0.3) is 6.08 Å². The Morgan fingerprint density at radius 2 is 1.96 bits per heavy atom. The Hall–Kier alpha value is -1.90. The molecular formula is C16H20ClN3O4S. The highest BCUT2D eigenvalue weighted by atomic mass is 35.5. The van der Waals surface area contributed by atoms with Gasteiger partial charge in [-0.3, -0.25) is 14.9 Å². The normalized spacial score (nSPS) is 21.3. The van der Waals surface area contributed by atoms with Crippen LogP contribution in [0.1, 0.15) is 12.0 Å². The van der Waals surface area contributed by atoms with Crippen molar-refractivity contribution in [3.8, 4) is 11.5 Å². The molecule has 0 aliphatic carbocycles. The molecule has 3 N–H and O–H groups in total. The van der Waals surface area contributed by atoms with Crippen molar-refractivity contribution >= 4 is 47.1 Å². The Bertz CT molecular complexity index is 726. The highest BCUT2D eigenvalue weighted by Gasteiger charge is 2.27. The highest BCUT2D eigenvalue weighted by Crippen LogP contribution is 2.38. The zero-order valence-corrected chi connectivity index (χ0v) is 15.5. The van der Waals surface area contributed by atoms with Gasteiger partial charge in [0.2, 0.25) is 0 Å². The fourth-order valence-corrected chi connectivity index (χ4v) is 3.51. The van der Waals surface area contributed by atoms with Crippen molar-refractivity contribution in [3.63, 3.8) is 0 Å². The molecule has 9 heteroatoms. The second-order valence-electron chi connectivity index (χ2n) is 5.61. The molecule has 3 rings (SSSR count). The quantitative estimate of drug-likeness (QED) is 0.765. The van der Waals surface area contributed by atoms with Gasteiger partial charge >= 0.3 is 0 Å². The van der Waals surface area contributed by atoms with Crippen molar-refractivity contribution in [1.29, 1.82) is 0 Å². The van der Waals surface area contributed by atoms with Gasteiger partial charge in [0.15, 0.2) is 11.5 Å². The van der Waals surface area contributed by atoms with Crippen LogP contribution in [0.15, 0.2) is 17.0 Å². The van der Waals surface area contributed by atoms with E-state index in [9.17, 15) is 9.59 Å². The summed E-state index contributed by atoms with van der Waals surface area (Å²) in [4.78, 5) is 25.7. The summed E-state index contributed by atoms with van der Waals surface area (Å²) in [5.74, 6) is 0.782. The van der Waals surface area contributed by atoms with Crippen LogP contribution in [0, 0.1) is 0 Å². The fraction of sp³-hybridized carbons (Fsp3) is 0.375. The zero-order valence-electron chi connectivity index (χ0n) is 13.9. The third-order valence-electron chi connectivity index (χ3n) is 4.03. The minimum absolute atomic E-state index is 0. The number of nitrogens with one attached hydrogen (secondary N) is 1. The average Bonchev–Trinajstić information content (AvgIpc) is 3.12. The summed E-state index contributed by atoms with van der Waals surface area (Å²) in [6, 6.07) is 3.80. The molecule has 0 radical (unpaired) electrons. The number of thioether (sulfide) groups is 1. The number of rotatable bonds is 4. The number of amides is 2. The van der Waals surface area contributed by atoms with E-state index >= 15 is 0 Å². The van der Waals surface area contributed by atoms with Gasteiger partial charge in [-0.15, -0.1) is 12.4 Å². The number of carbonyl (C=O) groups excluding carboxylic acids is 2. The smallest absolute Gasteiger partial charge is 0.290 e. The first-order chi connectivity index (χ1) is 11.5. The predicted molar refractivity (Wildman–Crippen MR) is 101 cm³/mol. The van der Waals surface area contributed by atoms with E-state index in [1.165, 1.54) is 0 Å². The summed E-state index contributed by atoms with van der Waals surface area (Å²) >= 11 is 0.890.